The van der Waals surface area contributed by atoms with Crippen molar-refractivity contribution in [3.63, 3.8) is 0 Å². The van der Waals surface area contributed by atoms with E-state index in [4.69, 9.17) is 23.2 Å². The molecule has 0 radical (unpaired) electrons. The van der Waals surface area contributed by atoms with Gasteiger partial charge in [-0.2, -0.15) is 0 Å². The molecule has 0 heterocycles. The first-order chi connectivity index (χ1) is 10.1. The molecule has 0 fully saturated rings. The molecule has 0 bridgehead atoms. The number of hydrogen-bond donors (Lipinski definition) is 2. The van der Waals surface area contributed by atoms with E-state index in [1.165, 1.54) is 0 Å². The van der Waals surface area contributed by atoms with E-state index in [0.29, 0.717) is 16.5 Å². The number of hydrogen-bond acceptors (Lipinski definition) is 2. The second kappa shape index (κ2) is 7.34. The summed E-state index contributed by atoms with van der Waals surface area (Å²) in [5.74, 6) is 0.0242. The first-order valence-electron chi connectivity index (χ1n) is 6.70. The monoisotopic (exact) mass is 322 g/mol. The molecule has 110 valence electrons. The van der Waals surface area contributed by atoms with Crippen LogP contribution in [0, 0.1) is 0 Å². The zero-order valence-electron chi connectivity index (χ0n) is 11.6. The number of anilines is 3. The van der Waals surface area contributed by atoms with Crippen molar-refractivity contribution in [3.05, 3.63) is 52.5 Å². The van der Waals surface area contributed by atoms with Gasteiger partial charge in [-0.1, -0.05) is 30.1 Å². The van der Waals surface area contributed by atoms with E-state index in [-0.39, 0.29) is 5.91 Å². The summed E-state index contributed by atoms with van der Waals surface area (Å²) in [7, 11) is 0. The molecule has 0 spiro atoms. The van der Waals surface area contributed by atoms with Crippen LogP contribution in [0.25, 0.3) is 0 Å². The fourth-order valence-corrected chi connectivity index (χ4v) is 2.17. The topological polar surface area (TPSA) is 41.1 Å². The van der Waals surface area contributed by atoms with Crippen LogP contribution in [0.4, 0.5) is 17.1 Å². The van der Waals surface area contributed by atoms with Crippen molar-refractivity contribution in [3.8, 4) is 0 Å². The molecule has 0 saturated heterocycles. The average molecular weight is 323 g/mol. The minimum absolute atomic E-state index is 0.0242. The molecular weight excluding hydrogens is 307 g/mol. The van der Waals surface area contributed by atoms with Gasteiger partial charge in [-0.15, -0.1) is 0 Å². The summed E-state index contributed by atoms with van der Waals surface area (Å²) in [6.07, 6.45) is 1.36. The highest BCUT2D eigenvalue weighted by molar-refractivity contribution is 6.35. The Bertz CT molecular complexity index is 627. The maximum Gasteiger partial charge on any atom is 0.224 e. The number of carbonyl (C=O) groups is 1. The largest absolute Gasteiger partial charge is 0.354 e. The molecule has 2 aromatic carbocycles. The van der Waals surface area contributed by atoms with E-state index in [2.05, 4.69) is 10.6 Å². The number of halogens is 2. The van der Waals surface area contributed by atoms with Crippen molar-refractivity contribution in [1.29, 1.82) is 0 Å². The van der Waals surface area contributed by atoms with Crippen molar-refractivity contribution in [2.45, 2.75) is 19.8 Å². The van der Waals surface area contributed by atoms with Crippen molar-refractivity contribution in [2.24, 2.45) is 0 Å². The number of benzene rings is 2. The third-order valence-corrected chi connectivity index (χ3v) is 3.42. The third kappa shape index (κ3) is 4.66. The Hall–Kier alpha value is -1.71. The number of amides is 1. The second-order valence-corrected chi connectivity index (χ2v) is 5.47. The maximum absolute atomic E-state index is 11.5. The molecule has 1 amide bonds. The summed E-state index contributed by atoms with van der Waals surface area (Å²) in [5, 5.41) is 7.24. The van der Waals surface area contributed by atoms with Gasteiger partial charge in [0.1, 0.15) is 0 Å². The first kappa shape index (κ1) is 15.7. The average Bonchev–Trinajstić information content (AvgIpc) is 2.45. The number of nitrogens with one attached hydrogen (secondary N) is 2. The Balaban J connectivity index is 2.05. The molecule has 5 heteroatoms. The molecule has 0 aliphatic rings. The van der Waals surface area contributed by atoms with Crippen molar-refractivity contribution in [1.82, 2.24) is 0 Å². The lowest BCUT2D eigenvalue weighted by Crippen LogP contribution is -2.10. The van der Waals surface area contributed by atoms with Gasteiger partial charge < -0.3 is 10.6 Å². The second-order valence-electron chi connectivity index (χ2n) is 4.62. The molecule has 0 saturated carbocycles. The van der Waals surface area contributed by atoms with Gasteiger partial charge in [0.2, 0.25) is 5.91 Å². The van der Waals surface area contributed by atoms with E-state index in [1.807, 2.05) is 31.2 Å². The van der Waals surface area contributed by atoms with Crippen LogP contribution in [-0.4, -0.2) is 5.91 Å². The summed E-state index contributed by atoms with van der Waals surface area (Å²) in [4.78, 5) is 11.5. The zero-order chi connectivity index (χ0) is 15.2. The van der Waals surface area contributed by atoms with Gasteiger partial charge in [-0.05, 0) is 48.9 Å². The summed E-state index contributed by atoms with van der Waals surface area (Å²) < 4.78 is 0. The highest BCUT2D eigenvalue weighted by Crippen LogP contribution is 2.28. The Labute approximate surface area is 134 Å². The van der Waals surface area contributed by atoms with Crippen LogP contribution < -0.4 is 10.6 Å². The summed E-state index contributed by atoms with van der Waals surface area (Å²) >= 11 is 12.1. The van der Waals surface area contributed by atoms with Crippen LogP contribution in [0.15, 0.2) is 42.5 Å². The predicted molar refractivity (Wildman–Crippen MR) is 89.7 cm³/mol. The highest BCUT2D eigenvalue weighted by Gasteiger charge is 2.03. The van der Waals surface area contributed by atoms with Gasteiger partial charge in [-0.25, -0.2) is 0 Å². The van der Waals surface area contributed by atoms with Crippen LogP contribution in [-0.2, 0) is 4.79 Å². The lowest BCUT2D eigenvalue weighted by atomic mass is 10.2. The molecule has 3 nitrogen and oxygen atoms in total. The standard InChI is InChI=1S/C16H16Cl2N2O/c1-2-3-16(21)20-13-7-5-12(6-8-13)19-15-10-11(17)4-9-14(15)18/h4-10,19H,2-3H2,1H3,(H,20,21). The van der Waals surface area contributed by atoms with E-state index in [9.17, 15) is 4.79 Å². The molecule has 0 unspecified atom stereocenters. The van der Waals surface area contributed by atoms with Gasteiger partial charge in [0.05, 0.1) is 10.7 Å². The highest BCUT2D eigenvalue weighted by atomic mass is 35.5. The molecule has 0 aliphatic carbocycles. The summed E-state index contributed by atoms with van der Waals surface area (Å²) in [6.45, 7) is 1.97. The molecule has 2 N–H and O–H groups in total. The maximum atomic E-state index is 11.5. The zero-order valence-corrected chi connectivity index (χ0v) is 13.1. The van der Waals surface area contributed by atoms with E-state index in [0.717, 1.165) is 23.5 Å². The van der Waals surface area contributed by atoms with Crippen LogP contribution in [0.1, 0.15) is 19.8 Å². The SMILES string of the molecule is CCCC(=O)Nc1ccc(Nc2cc(Cl)ccc2Cl)cc1. The smallest absolute Gasteiger partial charge is 0.224 e. The fraction of sp³-hybridized carbons (Fsp3) is 0.188. The summed E-state index contributed by atoms with van der Waals surface area (Å²) in [5.41, 5.74) is 2.38. The van der Waals surface area contributed by atoms with E-state index in [1.54, 1.807) is 18.2 Å². The van der Waals surface area contributed by atoms with Crippen molar-refractivity contribution < 1.29 is 4.79 Å². The number of rotatable bonds is 5. The van der Waals surface area contributed by atoms with Crippen molar-refractivity contribution in [2.75, 3.05) is 10.6 Å². The normalized spacial score (nSPS) is 10.2. The molecule has 2 aromatic rings. The lowest BCUT2D eigenvalue weighted by molar-refractivity contribution is -0.116. The molecule has 21 heavy (non-hydrogen) atoms. The third-order valence-electron chi connectivity index (χ3n) is 2.85. The minimum Gasteiger partial charge on any atom is -0.354 e. The van der Waals surface area contributed by atoms with Crippen LogP contribution in [0.5, 0.6) is 0 Å². The van der Waals surface area contributed by atoms with E-state index < -0.39 is 0 Å². The Morgan fingerprint density at radius 1 is 1.05 bits per heavy atom. The Kier molecular flexibility index (Phi) is 5.48. The number of carbonyl (C=O) groups excluding carboxylic acids is 1. The molecular formula is C16H16Cl2N2O. The van der Waals surface area contributed by atoms with Crippen LogP contribution in [0.3, 0.4) is 0 Å². The van der Waals surface area contributed by atoms with Gasteiger partial charge in [0.25, 0.3) is 0 Å². The molecule has 0 aliphatic heterocycles. The predicted octanol–water partition coefficient (Wildman–Crippen LogP) is 5.48. The van der Waals surface area contributed by atoms with Gasteiger partial charge in [-0.3, -0.25) is 4.79 Å². The Morgan fingerprint density at radius 3 is 2.38 bits per heavy atom. The summed E-state index contributed by atoms with van der Waals surface area (Å²) in [6, 6.07) is 12.7. The van der Waals surface area contributed by atoms with Crippen LogP contribution in [0.2, 0.25) is 10.0 Å². The van der Waals surface area contributed by atoms with Gasteiger partial charge >= 0.3 is 0 Å². The van der Waals surface area contributed by atoms with Crippen molar-refractivity contribution >= 4 is 46.2 Å². The fourth-order valence-electron chi connectivity index (χ4n) is 1.84. The van der Waals surface area contributed by atoms with Gasteiger partial charge in [0, 0.05) is 22.8 Å². The first-order valence-corrected chi connectivity index (χ1v) is 7.46. The van der Waals surface area contributed by atoms with Crippen LogP contribution >= 0.6 is 23.2 Å². The molecule has 0 atom stereocenters. The Morgan fingerprint density at radius 2 is 1.71 bits per heavy atom. The quantitative estimate of drug-likeness (QED) is 0.765. The molecule has 2 rings (SSSR count). The van der Waals surface area contributed by atoms with Gasteiger partial charge in [0.15, 0.2) is 0 Å². The lowest BCUT2D eigenvalue weighted by Gasteiger charge is -2.10. The molecule has 0 aromatic heterocycles. The minimum atomic E-state index is 0.0242. The van der Waals surface area contributed by atoms with E-state index >= 15 is 0 Å².